The molecular formula is C17H15NO4. The van der Waals surface area contributed by atoms with Crippen LogP contribution in [0.1, 0.15) is 39.6 Å². The Kier molecular flexibility index (Phi) is 3.87. The summed E-state index contributed by atoms with van der Waals surface area (Å²) < 4.78 is 10.7. The number of aryl methyl sites for hydroxylation is 1. The molecule has 5 heteroatoms. The van der Waals surface area contributed by atoms with Gasteiger partial charge in [0.1, 0.15) is 11.3 Å². The van der Waals surface area contributed by atoms with Crippen LogP contribution in [0.15, 0.2) is 36.5 Å². The van der Waals surface area contributed by atoms with Crippen LogP contribution in [0.3, 0.4) is 0 Å². The second kappa shape index (κ2) is 5.97. The Balaban J connectivity index is 1.89. The number of rotatable bonds is 4. The Morgan fingerprint density at radius 3 is 2.95 bits per heavy atom. The first-order chi connectivity index (χ1) is 10.7. The molecule has 1 aliphatic rings. The summed E-state index contributed by atoms with van der Waals surface area (Å²) in [4.78, 5) is 27.8. The Morgan fingerprint density at radius 1 is 1.27 bits per heavy atom. The number of fused-ring (bicyclic) bond motifs is 1. The average molecular weight is 297 g/mol. The van der Waals surface area contributed by atoms with Crippen molar-refractivity contribution in [3.05, 3.63) is 53.2 Å². The highest BCUT2D eigenvalue weighted by Crippen LogP contribution is 2.29. The van der Waals surface area contributed by atoms with Gasteiger partial charge >= 0.3 is 5.97 Å². The van der Waals surface area contributed by atoms with Gasteiger partial charge in [-0.25, -0.2) is 9.78 Å². The van der Waals surface area contributed by atoms with Crippen molar-refractivity contribution in [3.8, 4) is 11.6 Å². The predicted molar refractivity (Wildman–Crippen MR) is 79.4 cm³/mol. The van der Waals surface area contributed by atoms with Gasteiger partial charge in [-0.05, 0) is 43.2 Å². The third-order valence-electron chi connectivity index (χ3n) is 3.48. The van der Waals surface area contributed by atoms with Crippen molar-refractivity contribution in [2.75, 3.05) is 6.61 Å². The van der Waals surface area contributed by atoms with Crippen molar-refractivity contribution in [2.24, 2.45) is 0 Å². The smallest absolute Gasteiger partial charge is 0.343 e. The molecule has 0 amide bonds. The zero-order chi connectivity index (χ0) is 15.5. The van der Waals surface area contributed by atoms with Gasteiger partial charge in [-0.3, -0.25) is 4.79 Å². The highest BCUT2D eigenvalue weighted by molar-refractivity contribution is 6.00. The molecule has 1 aliphatic carbocycles. The highest BCUT2D eigenvalue weighted by Gasteiger charge is 2.21. The van der Waals surface area contributed by atoms with Crippen LogP contribution in [-0.4, -0.2) is 23.3 Å². The van der Waals surface area contributed by atoms with E-state index in [0.717, 1.165) is 12.0 Å². The van der Waals surface area contributed by atoms with E-state index < -0.39 is 5.97 Å². The van der Waals surface area contributed by atoms with E-state index in [1.807, 2.05) is 6.07 Å². The fourth-order valence-corrected chi connectivity index (χ4v) is 2.43. The molecule has 1 heterocycles. The lowest BCUT2D eigenvalue weighted by molar-refractivity contribution is 0.0522. The molecule has 0 bridgehead atoms. The van der Waals surface area contributed by atoms with E-state index in [-0.39, 0.29) is 23.8 Å². The van der Waals surface area contributed by atoms with Crippen LogP contribution in [0.5, 0.6) is 11.6 Å². The van der Waals surface area contributed by atoms with E-state index in [9.17, 15) is 9.59 Å². The second-order valence-corrected chi connectivity index (χ2v) is 4.92. The molecule has 5 nitrogen and oxygen atoms in total. The number of benzene rings is 1. The van der Waals surface area contributed by atoms with Gasteiger partial charge in [0, 0.05) is 18.2 Å². The van der Waals surface area contributed by atoms with Crippen molar-refractivity contribution in [1.82, 2.24) is 4.98 Å². The first-order valence-electron chi connectivity index (χ1n) is 7.15. The molecule has 0 atom stereocenters. The van der Waals surface area contributed by atoms with Gasteiger partial charge in [0.15, 0.2) is 5.78 Å². The minimum absolute atomic E-state index is 0.118. The second-order valence-electron chi connectivity index (χ2n) is 4.92. The molecule has 0 saturated heterocycles. The van der Waals surface area contributed by atoms with Crippen LogP contribution in [0.2, 0.25) is 0 Å². The molecular weight excluding hydrogens is 282 g/mol. The average Bonchev–Trinajstić information content (AvgIpc) is 2.89. The number of hydrogen-bond acceptors (Lipinski definition) is 5. The van der Waals surface area contributed by atoms with Crippen LogP contribution in [-0.2, 0) is 11.2 Å². The number of carbonyl (C=O) groups is 2. The quantitative estimate of drug-likeness (QED) is 0.811. The molecule has 22 heavy (non-hydrogen) atoms. The monoisotopic (exact) mass is 297 g/mol. The third-order valence-corrected chi connectivity index (χ3v) is 3.48. The fraction of sp³-hybridized carbons (Fsp3) is 0.235. The molecule has 0 spiro atoms. The minimum atomic E-state index is -0.483. The lowest BCUT2D eigenvalue weighted by Gasteiger charge is -2.10. The molecule has 112 valence electrons. The summed E-state index contributed by atoms with van der Waals surface area (Å²) in [5.41, 5.74) is 1.98. The maximum absolute atomic E-state index is 11.9. The molecule has 1 aromatic heterocycles. The van der Waals surface area contributed by atoms with Gasteiger partial charge in [-0.2, -0.15) is 0 Å². The zero-order valence-electron chi connectivity index (χ0n) is 12.2. The molecule has 0 N–H and O–H groups in total. The number of pyridine rings is 1. The maximum atomic E-state index is 11.9. The van der Waals surface area contributed by atoms with Gasteiger partial charge in [0.05, 0.1) is 6.61 Å². The molecule has 1 aromatic carbocycles. The summed E-state index contributed by atoms with van der Waals surface area (Å²) in [5, 5.41) is 0. The van der Waals surface area contributed by atoms with Crippen LogP contribution >= 0.6 is 0 Å². The number of Topliss-reactive ketones (excluding diaryl/α,β-unsaturated/α-hetero) is 1. The Morgan fingerprint density at radius 2 is 2.14 bits per heavy atom. The number of carbonyl (C=O) groups excluding carboxylic acids is 2. The predicted octanol–water partition coefficient (Wildman–Crippen LogP) is 3.18. The molecule has 3 rings (SSSR count). The third kappa shape index (κ3) is 2.70. The van der Waals surface area contributed by atoms with Crippen molar-refractivity contribution in [2.45, 2.75) is 19.8 Å². The van der Waals surface area contributed by atoms with Crippen LogP contribution in [0.4, 0.5) is 0 Å². The maximum Gasteiger partial charge on any atom is 0.343 e. The van der Waals surface area contributed by atoms with Gasteiger partial charge in [-0.1, -0.05) is 6.07 Å². The van der Waals surface area contributed by atoms with Gasteiger partial charge in [0.25, 0.3) is 0 Å². The van der Waals surface area contributed by atoms with Crippen molar-refractivity contribution in [1.29, 1.82) is 0 Å². The molecule has 0 unspecified atom stereocenters. The molecule has 0 fully saturated rings. The van der Waals surface area contributed by atoms with Crippen molar-refractivity contribution < 1.29 is 19.1 Å². The van der Waals surface area contributed by atoms with E-state index in [2.05, 4.69) is 4.98 Å². The topological polar surface area (TPSA) is 65.5 Å². The summed E-state index contributed by atoms with van der Waals surface area (Å²) in [7, 11) is 0. The van der Waals surface area contributed by atoms with Crippen molar-refractivity contribution in [3.63, 3.8) is 0 Å². The highest BCUT2D eigenvalue weighted by atomic mass is 16.5. The minimum Gasteiger partial charge on any atom is -0.462 e. The molecule has 0 aliphatic heterocycles. The summed E-state index contributed by atoms with van der Waals surface area (Å²) in [6.45, 7) is 2.02. The zero-order valence-corrected chi connectivity index (χ0v) is 12.2. The summed E-state index contributed by atoms with van der Waals surface area (Å²) in [6, 6.07) is 8.60. The summed E-state index contributed by atoms with van der Waals surface area (Å²) in [6.07, 6.45) is 2.85. The number of aromatic nitrogens is 1. The van der Waals surface area contributed by atoms with Crippen LogP contribution in [0, 0.1) is 0 Å². The van der Waals surface area contributed by atoms with E-state index in [0.29, 0.717) is 17.7 Å². The normalized spacial score (nSPS) is 12.9. The Hall–Kier alpha value is -2.69. The standard InChI is InChI=1S/C17H15NO4/c1-2-21-17(20)13-4-3-9-18-16(13)22-12-7-5-11-6-8-15(19)14(11)10-12/h3-5,7,9-10H,2,6,8H2,1H3. The van der Waals surface area contributed by atoms with Gasteiger partial charge in [-0.15, -0.1) is 0 Å². The van der Waals surface area contributed by atoms with Gasteiger partial charge < -0.3 is 9.47 Å². The van der Waals surface area contributed by atoms with Crippen LogP contribution < -0.4 is 4.74 Å². The molecule has 2 aromatic rings. The number of hydrogen-bond donors (Lipinski definition) is 0. The first-order valence-corrected chi connectivity index (χ1v) is 7.15. The van der Waals surface area contributed by atoms with Gasteiger partial charge in [0.2, 0.25) is 5.88 Å². The summed E-state index contributed by atoms with van der Waals surface area (Å²) >= 11 is 0. The lowest BCUT2D eigenvalue weighted by Crippen LogP contribution is -2.07. The lowest BCUT2D eigenvalue weighted by atomic mass is 10.1. The van der Waals surface area contributed by atoms with E-state index in [1.54, 1.807) is 31.2 Å². The van der Waals surface area contributed by atoms with E-state index >= 15 is 0 Å². The molecule has 0 radical (unpaired) electrons. The largest absolute Gasteiger partial charge is 0.462 e. The first kappa shape index (κ1) is 14.3. The number of nitrogens with zero attached hydrogens (tertiary/aromatic N) is 1. The fourth-order valence-electron chi connectivity index (χ4n) is 2.43. The van der Waals surface area contributed by atoms with Crippen LogP contribution in [0.25, 0.3) is 0 Å². The Labute approximate surface area is 127 Å². The number of ether oxygens (including phenoxy) is 2. The number of esters is 1. The van der Waals surface area contributed by atoms with E-state index in [4.69, 9.17) is 9.47 Å². The SMILES string of the molecule is CCOC(=O)c1cccnc1Oc1ccc2c(c1)C(=O)CC2. The number of ketones is 1. The van der Waals surface area contributed by atoms with Crippen molar-refractivity contribution >= 4 is 11.8 Å². The summed E-state index contributed by atoms with van der Waals surface area (Å²) in [5.74, 6) is 0.291. The molecule has 0 saturated carbocycles. The Bertz CT molecular complexity index is 739. The van der Waals surface area contributed by atoms with E-state index in [1.165, 1.54) is 6.20 Å².